The number of anilines is 1. The number of nitrogen functional groups attached to an aromatic ring is 1. The van der Waals surface area contributed by atoms with Gasteiger partial charge in [-0.2, -0.15) is 0 Å². The minimum atomic E-state index is -3.85. The number of methoxy groups -OCH3 is 1. The van der Waals surface area contributed by atoms with E-state index in [2.05, 4.69) is 4.72 Å². The van der Waals surface area contributed by atoms with Gasteiger partial charge >= 0.3 is 0 Å². The van der Waals surface area contributed by atoms with Gasteiger partial charge in [-0.3, -0.25) is 4.21 Å². The number of hydrogen-bond acceptors (Lipinski definition) is 5. The van der Waals surface area contributed by atoms with E-state index in [-0.39, 0.29) is 22.9 Å². The van der Waals surface area contributed by atoms with Crippen LogP contribution in [0.4, 0.5) is 10.1 Å². The Morgan fingerprint density at radius 2 is 2.10 bits per heavy atom. The van der Waals surface area contributed by atoms with Crippen LogP contribution in [0.15, 0.2) is 17.0 Å². The molecular formula is C11H17FN2O4S2. The molecule has 0 aliphatic carbocycles. The lowest BCUT2D eigenvalue weighted by Crippen LogP contribution is -2.26. The summed E-state index contributed by atoms with van der Waals surface area (Å²) < 4.78 is 55.3. The first-order valence-electron chi connectivity index (χ1n) is 5.70. The second-order valence-electron chi connectivity index (χ2n) is 4.06. The molecule has 6 nitrogen and oxygen atoms in total. The quantitative estimate of drug-likeness (QED) is 0.561. The Morgan fingerprint density at radius 3 is 2.60 bits per heavy atom. The topological polar surface area (TPSA) is 98.5 Å². The molecule has 20 heavy (non-hydrogen) atoms. The van der Waals surface area contributed by atoms with Gasteiger partial charge in [0.2, 0.25) is 10.0 Å². The first-order valence-corrected chi connectivity index (χ1v) is 8.91. The van der Waals surface area contributed by atoms with E-state index in [1.807, 2.05) is 0 Å². The SMILES string of the molecule is COc1c(N)cc(S(=O)(=O)NCCCS(C)=O)cc1F. The summed E-state index contributed by atoms with van der Waals surface area (Å²) in [4.78, 5) is -0.272. The van der Waals surface area contributed by atoms with Crippen LogP contribution >= 0.6 is 0 Å². The highest BCUT2D eigenvalue weighted by molar-refractivity contribution is 7.89. The summed E-state index contributed by atoms with van der Waals surface area (Å²) in [7, 11) is -3.59. The number of hydrogen-bond donors (Lipinski definition) is 2. The van der Waals surface area contributed by atoms with E-state index in [1.165, 1.54) is 13.4 Å². The maximum atomic E-state index is 13.6. The third kappa shape index (κ3) is 4.43. The molecular weight excluding hydrogens is 307 g/mol. The van der Waals surface area contributed by atoms with Crippen molar-refractivity contribution in [1.82, 2.24) is 4.72 Å². The largest absolute Gasteiger partial charge is 0.492 e. The van der Waals surface area contributed by atoms with Crippen LogP contribution in [0.2, 0.25) is 0 Å². The van der Waals surface area contributed by atoms with Crippen molar-refractivity contribution in [3.8, 4) is 5.75 Å². The molecule has 0 heterocycles. The Bertz CT molecular complexity index is 581. The molecule has 0 aliphatic heterocycles. The molecule has 3 N–H and O–H groups in total. The monoisotopic (exact) mass is 324 g/mol. The van der Waals surface area contributed by atoms with Crippen molar-refractivity contribution in [3.63, 3.8) is 0 Å². The van der Waals surface area contributed by atoms with Gasteiger partial charge in [0, 0.05) is 29.4 Å². The zero-order valence-corrected chi connectivity index (χ0v) is 12.8. The summed E-state index contributed by atoms with van der Waals surface area (Å²) in [6, 6.07) is 1.97. The molecule has 0 aromatic heterocycles. The van der Waals surface area contributed by atoms with Crippen molar-refractivity contribution in [2.75, 3.05) is 31.4 Å². The molecule has 1 aromatic rings. The van der Waals surface area contributed by atoms with Gasteiger partial charge in [0.25, 0.3) is 0 Å². The summed E-state index contributed by atoms with van der Waals surface area (Å²) >= 11 is 0. The van der Waals surface area contributed by atoms with Gasteiger partial charge in [0.15, 0.2) is 11.6 Å². The minimum absolute atomic E-state index is 0.0949. The van der Waals surface area contributed by atoms with E-state index >= 15 is 0 Å². The normalized spacial score (nSPS) is 13.2. The summed E-state index contributed by atoms with van der Waals surface area (Å²) in [5, 5.41) is 0. The fraction of sp³-hybridized carbons (Fsp3) is 0.455. The van der Waals surface area contributed by atoms with Crippen molar-refractivity contribution in [3.05, 3.63) is 17.9 Å². The van der Waals surface area contributed by atoms with Crippen LogP contribution in [0.3, 0.4) is 0 Å². The Morgan fingerprint density at radius 1 is 1.45 bits per heavy atom. The number of sulfonamides is 1. The molecule has 1 rings (SSSR count). The highest BCUT2D eigenvalue weighted by Gasteiger charge is 2.18. The van der Waals surface area contributed by atoms with Crippen LogP contribution in [0, 0.1) is 5.82 Å². The number of halogens is 1. The summed E-state index contributed by atoms with van der Waals surface area (Å²) in [6.45, 7) is 0.121. The third-order valence-electron chi connectivity index (χ3n) is 2.46. The standard InChI is InChI=1S/C11H17FN2O4S2/c1-18-11-9(12)6-8(7-10(11)13)20(16,17)14-4-3-5-19(2)15/h6-7,14H,3-5,13H2,1-2H3. The molecule has 0 saturated heterocycles. The predicted molar refractivity (Wildman–Crippen MR) is 76.1 cm³/mol. The molecule has 0 spiro atoms. The van der Waals surface area contributed by atoms with Crippen LogP contribution < -0.4 is 15.2 Å². The van der Waals surface area contributed by atoms with Gasteiger partial charge in [-0.25, -0.2) is 17.5 Å². The Balaban J connectivity index is 2.85. The molecule has 0 bridgehead atoms. The molecule has 0 fully saturated rings. The van der Waals surface area contributed by atoms with E-state index in [0.717, 1.165) is 12.1 Å². The van der Waals surface area contributed by atoms with E-state index < -0.39 is 26.6 Å². The van der Waals surface area contributed by atoms with Gasteiger partial charge in [-0.05, 0) is 18.6 Å². The number of ether oxygens (including phenoxy) is 1. The molecule has 0 aliphatic rings. The summed E-state index contributed by atoms with van der Waals surface area (Å²) in [5.74, 6) is -0.644. The first kappa shape index (κ1) is 16.9. The smallest absolute Gasteiger partial charge is 0.240 e. The number of nitrogens with two attached hydrogens (primary N) is 1. The Kier molecular flexibility index (Phi) is 5.90. The van der Waals surface area contributed by atoms with E-state index in [4.69, 9.17) is 10.5 Å². The summed E-state index contributed by atoms with van der Waals surface area (Å²) in [6.07, 6.45) is 1.96. The van der Waals surface area contributed by atoms with Crippen LogP contribution in [-0.4, -0.2) is 38.3 Å². The molecule has 0 radical (unpaired) electrons. The van der Waals surface area contributed by atoms with Crippen molar-refractivity contribution in [1.29, 1.82) is 0 Å². The second-order valence-corrected chi connectivity index (χ2v) is 7.38. The fourth-order valence-electron chi connectivity index (χ4n) is 1.52. The molecule has 9 heteroatoms. The molecule has 1 atom stereocenters. The Labute approximate surface area is 120 Å². The molecule has 1 aromatic carbocycles. The maximum absolute atomic E-state index is 13.6. The van der Waals surface area contributed by atoms with E-state index in [0.29, 0.717) is 12.2 Å². The fourth-order valence-corrected chi connectivity index (χ4v) is 3.20. The lowest BCUT2D eigenvalue weighted by atomic mass is 10.3. The van der Waals surface area contributed by atoms with Gasteiger partial charge in [0.05, 0.1) is 17.7 Å². The number of nitrogens with one attached hydrogen (secondary N) is 1. The zero-order valence-electron chi connectivity index (χ0n) is 11.2. The number of benzene rings is 1. The van der Waals surface area contributed by atoms with E-state index in [9.17, 15) is 17.0 Å². The van der Waals surface area contributed by atoms with Crippen LogP contribution in [0.5, 0.6) is 5.75 Å². The van der Waals surface area contributed by atoms with E-state index in [1.54, 1.807) is 0 Å². The highest BCUT2D eigenvalue weighted by atomic mass is 32.2. The lowest BCUT2D eigenvalue weighted by Gasteiger charge is -2.10. The van der Waals surface area contributed by atoms with Crippen molar-refractivity contribution in [2.45, 2.75) is 11.3 Å². The van der Waals surface area contributed by atoms with Gasteiger partial charge in [-0.15, -0.1) is 0 Å². The molecule has 1 unspecified atom stereocenters. The van der Waals surface area contributed by atoms with Gasteiger partial charge < -0.3 is 10.5 Å². The van der Waals surface area contributed by atoms with Crippen LogP contribution in [0.1, 0.15) is 6.42 Å². The van der Waals surface area contributed by atoms with Crippen LogP contribution in [0.25, 0.3) is 0 Å². The molecule has 114 valence electrons. The predicted octanol–water partition coefficient (Wildman–Crippen LogP) is 0.463. The van der Waals surface area contributed by atoms with Crippen molar-refractivity contribution in [2.24, 2.45) is 0 Å². The average Bonchev–Trinajstić information content (AvgIpc) is 2.34. The molecule has 0 amide bonds. The van der Waals surface area contributed by atoms with Crippen molar-refractivity contribution >= 4 is 26.5 Å². The van der Waals surface area contributed by atoms with Crippen molar-refractivity contribution < 1.29 is 21.8 Å². The van der Waals surface area contributed by atoms with Crippen LogP contribution in [-0.2, 0) is 20.8 Å². The first-order chi connectivity index (χ1) is 9.27. The third-order valence-corrected chi connectivity index (χ3v) is 4.76. The number of rotatable bonds is 7. The lowest BCUT2D eigenvalue weighted by molar-refractivity contribution is 0.388. The zero-order chi connectivity index (χ0) is 15.3. The second kappa shape index (κ2) is 7.00. The average molecular weight is 324 g/mol. The van der Waals surface area contributed by atoms with Gasteiger partial charge in [0.1, 0.15) is 0 Å². The highest BCUT2D eigenvalue weighted by Crippen LogP contribution is 2.28. The minimum Gasteiger partial charge on any atom is -0.492 e. The summed E-state index contributed by atoms with van der Waals surface area (Å²) in [5.41, 5.74) is 5.43. The maximum Gasteiger partial charge on any atom is 0.240 e. The Hall–Kier alpha value is -1.19. The van der Waals surface area contributed by atoms with Gasteiger partial charge in [-0.1, -0.05) is 0 Å². The molecule has 0 saturated carbocycles.